The van der Waals surface area contributed by atoms with Crippen LogP contribution in [0.3, 0.4) is 0 Å². The zero-order valence-corrected chi connectivity index (χ0v) is 17.8. The summed E-state index contributed by atoms with van der Waals surface area (Å²) >= 11 is 5.27. The SMILES string of the molecule is COc1cc(CCNC(=O)Cn2c(-c3cccc(C)c3)n[nH]c2=S)ccc1OC(F)F. The Morgan fingerprint density at radius 2 is 2.06 bits per heavy atom. The second-order valence-electron chi connectivity index (χ2n) is 6.77. The van der Waals surface area contributed by atoms with Gasteiger partial charge >= 0.3 is 6.61 Å². The van der Waals surface area contributed by atoms with Crippen LogP contribution in [0.5, 0.6) is 11.5 Å². The standard InChI is InChI=1S/C21H22F2N4O3S/c1-13-4-3-5-15(10-13)19-25-26-21(31)27(19)12-18(28)24-9-8-14-6-7-16(30-20(22)23)17(11-14)29-2/h3-7,10-11,20H,8-9,12H2,1-2H3,(H,24,28)(H,26,31). The van der Waals surface area contributed by atoms with Crippen LogP contribution in [0.15, 0.2) is 42.5 Å². The lowest BCUT2D eigenvalue weighted by atomic mass is 10.1. The molecule has 31 heavy (non-hydrogen) atoms. The maximum Gasteiger partial charge on any atom is 0.387 e. The molecule has 1 amide bonds. The molecule has 0 radical (unpaired) electrons. The number of aromatic nitrogens is 3. The van der Waals surface area contributed by atoms with E-state index < -0.39 is 6.61 Å². The monoisotopic (exact) mass is 448 g/mol. The van der Waals surface area contributed by atoms with Gasteiger partial charge in [-0.25, -0.2) is 0 Å². The average Bonchev–Trinajstić information content (AvgIpc) is 3.09. The molecule has 3 rings (SSSR count). The van der Waals surface area contributed by atoms with E-state index in [-0.39, 0.29) is 24.0 Å². The molecule has 0 saturated heterocycles. The summed E-state index contributed by atoms with van der Waals surface area (Å²) in [7, 11) is 1.37. The quantitative estimate of drug-likeness (QED) is 0.486. The van der Waals surface area contributed by atoms with Crippen molar-refractivity contribution in [3.63, 3.8) is 0 Å². The molecule has 0 aliphatic rings. The zero-order valence-electron chi connectivity index (χ0n) is 17.0. The molecule has 0 unspecified atom stereocenters. The third-order valence-corrected chi connectivity index (χ3v) is 4.83. The van der Waals surface area contributed by atoms with E-state index in [0.717, 1.165) is 16.7 Å². The van der Waals surface area contributed by atoms with Crippen molar-refractivity contribution in [2.75, 3.05) is 13.7 Å². The zero-order chi connectivity index (χ0) is 22.4. The Hall–Kier alpha value is -3.27. The van der Waals surface area contributed by atoms with Gasteiger partial charge in [0.1, 0.15) is 6.54 Å². The van der Waals surface area contributed by atoms with E-state index in [1.807, 2.05) is 31.2 Å². The molecule has 0 spiro atoms. The highest BCUT2D eigenvalue weighted by molar-refractivity contribution is 7.71. The van der Waals surface area contributed by atoms with Gasteiger partial charge in [0.05, 0.1) is 7.11 Å². The number of ether oxygens (including phenoxy) is 2. The fourth-order valence-electron chi connectivity index (χ4n) is 3.08. The van der Waals surface area contributed by atoms with Gasteiger partial charge in [0.2, 0.25) is 5.91 Å². The Balaban J connectivity index is 1.61. The fraction of sp³-hybridized carbons (Fsp3) is 0.286. The first-order chi connectivity index (χ1) is 14.9. The predicted octanol–water partition coefficient (Wildman–Crippen LogP) is 3.89. The highest BCUT2D eigenvalue weighted by atomic mass is 32.1. The number of hydrogen-bond acceptors (Lipinski definition) is 5. The van der Waals surface area contributed by atoms with Crippen LogP contribution in [0.25, 0.3) is 11.4 Å². The van der Waals surface area contributed by atoms with Gasteiger partial charge in [-0.15, -0.1) is 0 Å². The van der Waals surface area contributed by atoms with Crippen molar-refractivity contribution in [3.8, 4) is 22.9 Å². The minimum Gasteiger partial charge on any atom is -0.493 e. The van der Waals surface area contributed by atoms with Gasteiger partial charge < -0.3 is 14.8 Å². The van der Waals surface area contributed by atoms with Crippen LogP contribution in [0.1, 0.15) is 11.1 Å². The van der Waals surface area contributed by atoms with E-state index in [0.29, 0.717) is 23.6 Å². The molecule has 0 saturated carbocycles. The summed E-state index contributed by atoms with van der Waals surface area (Å²) in [5.41, 5.74) is 2.74. The van der Waals surface area contributed by atoms with Gasteiger partial charge in [-0.3, -0.25) is 14.5 Å². The molecule has 0 bridgehead atoms. The van der Waals surface area contributed by atoms with E-state index in [9.17, 15) is 13.6 Å². The highest BCUT2D eigenvalue weighted by Gasteiger charge is 2.13. The minimum absolute atomic E-state index is 0.0170. The molecule has 3 aromatic rings. The number of nitrogens with one attached hydrogen (secondary N) is 2. The number of hydrogen-bond donors (Lipinski definition) is 2. The maximum absolute atomic E-state index is 12.5. The molecule has 7 nitrogen and oxygen atoms in total. The Bertz CT molecular complexity index is 1110. The van der Waals surface area contributed by atoms with E-state index >= 15 is 0 Å². The average molecular weight is 448 g/mol. The lowest BCUT2D eigenvalue weighted by Crippen LogP contribution is -2.29. The van der Waals surface area contributed by atoms with Gasteiger partial charge in [-0.05, 0) is 49.3 Å². The smallest absolute Gasteiger partial charge is 0.387 e. The molecule has 0 atom stereocenters. The normalized spacial score (nSPS) is 10.9. The molecule has 0 aliphatic heterocycles. The number of methoxy groups -OCH3 is 1. The van der Waals surface area contributed by atoms with E-state index in [4.69, 9.17) is 17.0 Å². The first kappa shape index (κ1) is 22.4. The Labute approximate surface area is 183 Å². The van der Waals surface area contributed by atoms with Crippen molar-refractivity contribution in [2.24, 2.45) is 0 Å². The Kier molecular flexibility index (Phi) is 7.35. The summed E-state index contributed by atoms with van der Waals surface area (Å²) < 4.78 is 36.3. The van der Waals surface area contributed by atoms with Gasteiger partial charge in [0, 0.05) is 12.1 Å². The number of carbonyl (C=O) groups is 1. The first-order valence-electron chi connectivity index (χ1n) is 9.48. The Morgan fingerprint density at radius 1 is 1.26 bits per heavy atom. The van der Waals surface area contributed by atoms with Crippen LogP contribution >= 0.6 is 12.2 Å². The van der Waals surface area contributed by atoms with Gasteiger partial charge in [-0.2, -0.15) is 13.9 Å². The number of aryl methyl sites for hydroxylation is 1. The second kappa shape index (κ2) is 10.2. The molecule has 0 aliphatic carbocycles. The number of amides is 1. The largest absolute Gasteiger partial charge is 0.493 e. The van der Waals surface area contributed by atoms with Gasteiger partial charge in [0.15, 0.2) is 22.1 Å². The number of nitrogens with zero attached hydrogens (tertiary/aromatic N) is 2. The van der Waals surface area contributed by atoms with Crippen molar-refractivity contribution in [3.05, 3.63) is 58.4 Å². The molecular weight excluding hydrogens is 426 g/mol. The van der Waals surface area contributed by atoms with E-state index in [2.05, 4.69) is 20.3 Å². The summed E-state index contributed by atoms with van der Waals surface area (Å²) in [5.74, 6) is 0.527. The molecular formula is C21H22F2N4O3S. The van der Waals surface area contributed by atoms with Crippen LogP contribution in [-0.4, -0.2) is 40.9 Å². The van der Waals surface area contributed by atoms with Crippen molar-refractivity contribution < 1.29 is 23.0 Å². The third kappa shape index (κ3) is 5.88. The molecule has 2 aromatic carbocycles. The number of H-pyrrole nitrogens is 1. The number of halogens is 2. The summed E-state index contributed by atoms with van der Waals surface area (Å²) in [6.07, 6.45) is 0.485. The summed E-state index contributed by atoms with van der Waals surface area (Å²) in [4.78, 5) is 12.5. The number of alkyl halides is 2. The van der Waals surface area contributed by atoms with Crippen LogP contribution < -0.4 is 14.8 Å². The molecule has 1 heterocycles. The minimum atomic E-state index is -2.93. The lowest BCUT2D eigenvalue weighted by molar-refractivity contribution is -0.121. The molecule has 0 fully saturated rings. The number of benzene rings is 2. The number of aromatic amines is 1. The molecule has 164 valence electrons. The second-order valence-corrected chi connectivity index (χ2v) is 7.16. The summed E-state index contributed by atoms with van der Waals surface area (Å²) in [5, 5.41) is 9.80. The van der Waals surface area contributed by atoms with E-state index in [1.165, 1.54) is 13.2 Å². The summed E-state index contributed by atoms with van der Waals surface area (Å²) in [6.45, 7) is -0.591. The van der Waals surface area contributed by atoms with Crippen LogP contribution in [-0.2, 0) is 17.8 Å². The summed E-state index contributed by atoms with van der Waals surface area (Å²) in [6, 6.07) is 12.4. The predicted molar refractivity (Wildman–Crippen MR) is 114 cm³/mol. The van der Waals surface area contributed by atoms with Gasteiger partial charge in [-0.1, -0.05) is 29.8 Å². The van der Waals surface area contributed by atoms with Crippen molar-refractivity contribution in [1.82, 2.24) is 20.1 Å². The number of carbonyl (C=O) groups excluding carboxylic acids is 1. The highest BCUT2D eigenvalue weighted by Crippen LogP contribution is 2.29. The topological polar surface area (TPSA) is 81.2 Å². The maximum atomic E-state index is 12.5. The molecule has 1 aromatic heterocycles. The van der Waals surface area contributed by atoms with Crippen molar-refractivity contribution in [1.29, 1.82) is 0 Å². The van der Waals surface area contributed by atoms with Crippen molar-refractivity contribution >= 4 is 18.1 Å². The van der Waals surface area contributed by atoms with Gasteiger partial charge in [0.25, 0.3) is 0 Å². The fourth-order valence-corrected chi connectivity index (χ4v) is 3.27. The van der Waals surface area contributed by atoms with E-state index in [1.54, 1.807) is 16.7 Å². The van der Waals surface area contributed by atoms with Crippen molar-refractivity contribution in [2.45, 2.75) is 26.5 Å². The van der Waals surface area contributed by atoms with Crippen LogP contribution in [0, 0.1) is 11.7 Å². The molecule has 10 heteroatoms. The molecule has 2 N–H and O–H groups in total. The first-order valence-corrected chi connectivity index (χ1v) is 9.89. The number of rotatable bonds is 9. The third-order valence-electron chi connectivity index (χ3n) is 4.52. The van der Waals surface area contributed by atoms with Crippen LogP contribution in [0.2, 0.25) is 0 Å². The Morgan fingerprint density at radius 3 is 2.77 bits per heavy atom. The van der Waals surface area contributed by atoms with Crippen LogP contribution in [0.4, 0.5) is 8.78 Å². The lowest BCUT2D eigenvalue weighted by Gasteiger charge is -2.12.